The first kappa shape index (κ1) is 15.7. The molecule has 0 saturated carbocycles. The number of hydrogen-bond acceptors (Lipinski definition) is 4. The maximum Gasteiger partial charge on any atom is 0.243 e. The molecule has 2 fully saturated rings. The lowest BCUT2D eigenvalue weighted by atomic mass is 9.74. The van der Waals surface area contributed by atoms with E-state index < -0.39 is 27.4 Å². The summed E-state index contributed by atoms with van der Waals surface area (Å²) in [6.45, 7) is 0.168. The summed E-state index contributed by atoms with van der Waals surface area (Å²) in [6, 6.07) is 3.17. The second kappa shape index (κ2) is 5.16. The van der Waals surface area contributed by atoms with E-state index in [1.165, 1.54) is 0 Å². The third kappa shape index (κ3) is 2.40. The quantitative estimate of drug-likeness (QED) is 0.807. The molecule has 9 heteroatoms. The summed E-state index contributed by atoms with van der Waals surface area (Å²) in [5, 5.41) is 12.0. The standard InChI is InChI=1S/C13H14ClFN2O4S/c14-10-3-9(1-2-11(10)15)22(20,21)17-6-13(7-17)4-8(18)5-16-12(13)19/h1-3,8,18H,4-7H2,(H,16,19). The molecule has 2 aliphatic rings. The van der Waals surface area contributed by atoms with E-state index in [4.69, 9.17) is 11.6 Å². The fourth-order valence-electron chi connectivity index (χ4n) is 2.87. The van der Waals surface area contributed by atoms with E-state index in [1.54, 1.807) is 0 Å². The molecule has 0 radical (unpaired) electrons. The highest BCUT2D eigenvalue weighted by Gasteiger charge is 2.55. The molecule has 1 unspecified atom stereocenters. The lowest BCUT2D eigenvalue weighted by Gasteiger charge is -2.50. The van der Waals surface area contributed by atoms with E-state index in [9.17, 15) is 22.7 Å². The van der Waals surface area contributed by atoms with Gasteiger partial charge in [-0.05, 0) is 24.6 Å². The highest BCUT2D eigenvalue weighted by molar-refractivity contribution is 7.89. The fourth-order valence-corrected chi connectivity index (χ4v) is 4.76. The summed E-state index contributed by atoms with van der Waals surface area (Å²) in [6.07, 6.45) is -0.447. The van der Waals surface area contributed by atoms with Gasteiger partial charge in [-0.15, -0.1) is 0 Å². The average molecular weight is 349 g/mol. The van der Waals surface area contributed by atoms with Gasteiger partial charge in [0.2, 0.25) is 15.9 Å². The minimum atomic E-state index is -3.84. The molecule has 1 spiro atoms. The summed E-state index contributed by atoms with van der Waals surface area (Å²) < 4.78 is 39.2. The monoisotopic (exact) mass is 348 g/mol. The molecular formula is C13H14ClFN2O4S. The number of aliphatic hydroxyl groups is 1. The molecule has 1 aromatic carbocycles. The van der Waals surface area contributed by atoms with Crippen molar-refractivity contribution in [3.8, 4) is 0 Å². The number of amides is 1. The zero-order chi connectivity index (χ0) is 16.1. The third-order valence-electron chi connectivity index (χ3n) is 4.09. The predicted molar refractivity (Wildman–Crippen MR) is 76.2 cm³/mol. The molecule has 0 aliphatic carbocycles. The third-order valence-corrected chi connectivity index (χ3v) is 6.17. The summed E-state index contributed by atoms with van der Waals surface area (Å²) in [5.74, 6) is -0.947. The Labute approximate surface area is 131 Å². The number of halogens is 2. The topological polar surface area (TPSA) is 86.7 Å². The van der Waals surface area contributed by atoms with Crippen molar-refractivity contribution in [2.24, 2.45) is 5.41 Å². The number of rotatable bonds is 2. The average Bonchev–Trinajstić information content (AvgIpc) is 2.41. The molecule has 0 bridgehead atoms. The first-order valence-corrected chi connectivity index (χ1v) is 8.48. The molecule has 3 rings (SSSR count). The van der Waals surface area contributed by atoms with Crippen LogP contribution in [0.5, 0.6) is 0 Å². The van der Waals surface area contributed by atoms with Gasteiger partial charge >= 0.3 is 0 Å². The summed E-state index contributed by atoms with van der Waals surface area (Å²) >= 11 is 5.62. The number of carbonyl (C=O) groups excluding carboxylic acids is 1. The first-order chi connectivity index (χ1) is 10.2. The first-order valence-electron chi connectivity index (χ1n) is 6.66. The van der Waals surface area contributed by atoms with Gasteiger partial charge in [-0.25, -0.2) is 12.8 Å². The summed E-state index contributed by atoms with van der Waals surface area (Å²) in [7, 11) is -3.84. The molecule has 6 nitrogen and oxygen atoms in total. The Morgan fingerprint density at radius 3 is 2.73 bits per heavy atom. The molecule has 22 heavy (non-hydrogen) atoms. The van der Waals surface area contributed by atoms with Crippen molar-refractivity contribution in [1.82, 2.24) is 9.62 Å². The van der Waals surface area contributed by atoms with E-state index in [-0.39, 0.29) is 41.9 Å². The zero-order valence-corrected chi connectivity index (χ0v) is 13.0. The molecular weight excluding hydrogens is 335 g/mol. The Hall–Kier alpha value is -1.22. The largest absolute Gasteiger partial charge is 0.391 e. The summed E-state index contributed by atoms with van der Waals surface area (Å²) in [5.41, 5.74) is -0.880. The number of aliphatic hydroxyl groups excluding tert-OH is 1. The maximum atomic E-state index is 13.1. The molecule has 1 aromatic rings. The van der Waals surface area contributed by atoms with Gasteiger partial charge in [0.15, 0.2) is 0 Å². The van der Waals surface area contributed by atoms with Gasteiger partial charge in [-0.2, -0.15) is 4.31 Å². The predicted octanol–water partition coefficient (Wildman–Crippen LogP) is 0.351. The Morgan fingerprint density at radius 1 is 1.41 bits per heavy atom. The molecule has 2 saturated heterocycles. The van der Waals surface area contributed by atoms with Gasteiger partial charge in [0.1, 0.15) is 5.82 Å². The number of hydrogen-bond donors (Lipinski definition) is 2. The van der Waals surface area contributed by atoms with Crippen LogP contribution in [0.2, 0.25) is 5.02 Å². The normalized spacial score (nSPS) is 24.9. The van der Waals surface area contributed by atoms with Gasteiger partial charge < -0.3 is 10.4 Å². The van der Waals surface area contributed by atoms with Crippen LogP contribution in [-0.2, 0) is 14.8 Å². The van der Waals surface area contributed by atoms with Crippen LogP contribution in [0.1, 0.15) is 6.42 Å². The Kier molecular flexibility index (Phi) is 3.67. The van der Waals surface area contributed by atoms with Gasteiger partial charge in [0.05, 0.1) is 21.4 Å². The number of nitrogens with one attached hydrogen (secondary N) is 1. The molecule has 1 atom stereocenters. The van der Waals surface area contributed by atoms with Gasteiger partial charge in [-0.1, -0.05) is 11.6 Å². The van der Waals surface area contributed by atoms with Gasteiger partial charge in [-0.3, -0.25) is 4.79 Å². The zero-order valence-electron chi connectivity index (χ0n) is 11.4. The van der Waals surface area contributed by atoms with Crippen LogP contribution in [0.15, 0.2) is 23.1 Å². The molecule has 2 heterocycles. The summed E-state index contributed by atoms with van der Waals surface area (Å²) in [4.78, 5) is 11.8. The van der Waals surface area contributed by atoms with Crippen molar-refractivity contribution < 1.29 is 22.7 Å². The number of benzene rings is 1. The fraction of sp³-hybridized carbons (Fsp3) is 0.462. The Balaban J connectivity index is 1.81. The molecule has 0 aromatic heterocycles. The van der Waals surface area contributed by atoms with Crippen LogP contribution in [0, 0.1) is 11.2 Å². The van der Waals surface area contributed by atoms with Gasteiger partial charge in [0, 0.05) is 19.6 Å². The van der Waals surface area contributed by atoms with E-state index in [2.05, 4.69) is 5.32 Å². The van der Waals surface area contributed by atoms with E-state index in [0.29, 0.717) is 0 Å². The van der Waals surface area contributed by atoms with Gasteiger partial charge in [0.25, 0.3) is 0 Å². The van der Waals surface area contributed by atoms with Crippen molar-refractivity contribution >= 4 is 27.5 Å². The van der Waals surface area contributed by atoms with Crippen molar-refractivity contribution in [3.63, 3.8) is 0 Å². The minimum Gasteiger partial charge on any atom is -0.391 e. The van der Waals surface area contributed by atoms with Crippen molar-refractivity contribution in [3.05, 3.63) is 29.0 Å². The lowest BCUT2D eigenvalue weighted by molar-refractivity contribution is -0.145. The van der Waals surface area contributed by atoms with E-state index in [0.717, 1.165) is 22.5 Å². The molecule has 2 aliphatic heterocycles. The molecule has 2 N–H and O–H groups in total. The van der Waals surface area contributed by atoms with Crippen LogP contribution >= 0.6 is 11.6 Å². The smallest absolute Gasteiger partial charge is 0.243 e. The van der Waals surface area contributed by atoms with Crippen LogP contribution in [-0.4, -0.2) is 49.5 Å². The van der Waals surface area contributed by atoms with Crippen LogP contribution in [0.3, 0.4) is 0 Å². The van der Waals surface area contributed by atoms with Crippen molar-refractivity contribution in [1.29, 1.82) is 0 Å². The SMILES string of the molecule is O=C1NCC(O)CC12CN(S(=O)(=O)c1ccc(F)c(Cl)c1)C2. The number of nitrogens with zero attached hydrogens (tertiary/aromatic N) is 1. The lowest BCUT2D eigenvalue weighted by Crippen LogP contribution is -2.68. The number of β-amino-alcohol motifs (C(OH)–C–C–N with tert-alkyl or cyclic N) is 1. The number of carbonyl (C=O) groups is 1. The van der Waals surface area contributed by atoms with E-state index in [1.807, 2.05) is 0 Å². The van der Waals surface area contributed by atoms with Crippen LogP contribution in [0.25, 0.3) is 0 Å². The van der Waals surface area contributed by atoms with E-state index >= 15 is 0 Å². The minimum absolute atomic E-state index is 0.00672. The highest BCUT2D eigenvalue weighted by Crippen LogP contribution is 2.40. The van der Waals surface area contributed by atoms with Crippen LogP contribution in [0.4, 0.5) is 4.39 Å². The molecule has 1 amide bonds. The Morgan fingerprint density at radius 2 is 2.09 bits per heavy atom. The number of piperidine rings is 1. The molecule has 120 valence electrons. The highest BCUT2D eigenvalue weighted by atomic mass is 35.5. The van der Waals surface area contributed by atoms with Crippen molar-refractivity contribution in [2.75, 3.05) is 19.6 Å². The van der Waals surface area contributed by atoms with Crippen molar-refractivity contribution in [2.45, 2.75) is 17.4 Å². The Bertz CT molecular complexity index is 734. The number of sulfonamides is 1. The maximum absolute atomic E-state index is 13.1. The second-order valence-electron chi connectivity index (χ2n) is 5.70. The second-order valence-corrected chi connectivity index (χ2v) is 8.04. The van der Waals surface area contributed by atoms with Crippen LogP contribution < -0.4 is 5.32 Å².